The van der Waals surface area contributed by atoms with Gasteiger partial charge in [0.15, 0.2) is 0 Å². The van der Waals surface area contributed by atoms with E-state index in [0.29, 0.717) is 6.42 Å². The molecule has 1 heterocycles. The van der Waals surface area contributed by atoms with Gasteiger partial charge in [-0.3, -0.25) is 0 Å². The number of aryl methyl sites for hydroxylation is 1. The molecule has 98 valence electrons. The lowest BCUT2D eigenvalue weighted by molar-refractivity contribution is 0.536. The van der Waals surface area contributed by atoms with E-state index in [9.17, 15) is 8.42 Å². The third-order valence-corrected chi connectivity index (χ3v) is 4.63. The number of rotatable bonds is 8. The molecule has 1 unspecified atom stereocenters. The summed E-state index contributed by atoms with van der Waals surface area (Å²) in [6, 6.07) is 4.34. The maximum absolute atomic E-state index is 10.9. The molecule has 17 heavy (non-hydrogen) atoms. The summed E-state index contributed by atoms with van der Waals surface area (Å²) >= 11 is 1.78. The molecule has 0 aliphatic carbocycles. The Kier molecular flexibility index (Phi) is 6.16. The van der Waals surface area contributed by atoms with Crippen molar-refractivity contribution in [2.75, 3.05) is 12.0 Å². The van der Waals surface area contributed by atoms with Crippen molar-refractivity contribution >= 4 is 21.2 Å². The first-order valence-corrected chi connectivity index (χ1v) is 8.87. The minimum atomic E-state index is -2.83. The maximum Gasteiger partial charge on any atom is 0.147 e. The molecule has 1 rings (SSSR count). The molecule has 0 bridgehead atoms. The maximum atomic E-state index is 10.9. The highest BCUT2D eigenvalue weighted by Crippen LogP contribution is 2.13. The van der Waals surface area contributed by atoms with Crippen LogP contribution in [0.5, 0.6) is 0 Å². The van der Waals surface area contributed by atoms with Gasteiger partial charge in [-0.25, -0.2) is 8.42 Å². The fourth-order valence-electron chi connectivity index (χ4n) is 1.75. The zero-order valence-corrected chi connectivity index (χ0v) is 11.9. The Morgan fingerprint density at radius 3 is 2.65 bits per heavy atom. The Bertz CT molecular complexity index is 398. The summed E-state index contributed by atoms with van der Waals surface area (Å²) in [6.07, 6.45) is 5.89. The van der Waals surface area contributed by atoms with Crippen molar-refractivity contribution in [3.05, 3.63) is 22.4 Å². The number of hydrogen-bond donors (Lipinski definition) is 1. The Balaban J connectivity index is 2.07. The van der Waals surface area contributed by atoms with E-state index in [1.165, 1.54) is 11.1 Å². The topological polar surface area (TPSA) is 60.2 Å². The van der Waals surface area contributed by atoms with Crippen LogP contribution in [0.2, 0.25) is 0 Å². The van der Waals surface area contributed by atoms with E-state index in [1.54, 1.807) is 11.3 Å². The number of hydrogen-bond acceptors (Lipinski definition) is 4. The van der Waals surface area contributed by atoms with E-state index in [1.807, 2.05) is 0 Å². The molecule has 3 nitrogen and oxygen atoms in total. The summed E-state index contributed by atoms with van der Waals surface area (Å²) in [5, 5.41) is 2.08. The molecule has 0 fully saturated rings. The predicted molar refractivity (Wildman–Crippen MR) is 74.2 cm³/mol. The SMILES string of the molecule is CS(=O)(=O)CCCC(N)CCCc1cccs1. The first-order chi connectivity index (χ1) is 7.97. The molecule has 1 atom stereocenters. The molecule has 0 aromatic carbocycles. The fraction of sp³-hybridized carbons (Fsp3) is 0.667. The quantitative estimate of drug-likeness (QED) is 0.791. The molecular formula is C12H21NO2S2. The molecule has 0 saturated heterocycles. The molecule has 1 aromatic rings. The highest BCUT2D eigenvalue weighted by atomic mass is 32.2. The molecule has 2 N–H and O–H groups in total. The van der Waals surface area contributed by atoms with E-state index in [2.05, 4.69) is 17.5 Å². The first-order valence-electron chi connectivity index (χ1n) is 5.93. The van der Waals surface area contributed by atoms with Crippen LogP contribution in [0.1, 0.15) is 30.6 Å². The van der Waals surface area contributed by atoms with Gasteiger partial charge in [0.1, 0.15) is 9.84 Å². The van der Waals surface area contributed by atoms with Gasteiger partial charge >= 0.3 is 0 Å². The second-order valence-corrected chi connectivity index (χ2v) is 7.80. The molecule has 0 spiro atoms. The van der Waals surface area contributed by atoms with Crippen molar-refractivity contribution in [3.63, 3.8) is 0 Å². The monoisotopic (exact) mass is 275 g/mol. The smallest absolute Gasteiger partial charge is 0.147 e. The van der Waals surface area contributed by atoms with Crippen LogP contribution >= 0.6 is 11.3 Å². The van der Waals surface area contributed by atoms with Crippen molar-refractivity contribution in [2.24, 2.45) is 5.73 Å². The predicted octanol–water partition coefficient (Wildman–Crippen LogP) is 2.22. The summed E-state index contributed by atoms with van der Waals surface area (Å²) in [4.78, 5) is 1.40. The van der Waals surface area contributed by atoms with Gasteiger partial charge in [-0.15, -0.1) is 11.3 Å². The van der Waals surface area contributed by atoms with Crippen molar-refractivity contribution in [1.82, 2.24) is 0 Å². The van der Waals surface area contributed by atoms with E-state index < -0.39 is 9.84 Å². The third kappa shape index (κ3) is 7.52. The number of nitrogens with two attached hydrogens (primary N) is 1. The second-order valence-electron chi connectivity index (χ2n) is 4.50. The van der Waals surface area contributed by atoms with Gasteiger partial charge in [-0.1, -0.05) is 6.07 Å². The summed E-state index contributed by atoms with van der Waals surface area (Å²) in [6.45, 7) is 0. The highest BCUT2D eigenvalue weighted by Gasteiger charge is 2.06. The van der Waals surface area contributed by atoms with Crippen LogP contribution in [0.15, 0.2) is 17.5 Å². The molecular weight excluding hydrogens is 254 g/mol. The molecule has 0 radical (unpaired) electrons. The average molecular weight is 275 g/mol. The molecule has 0 aliphatic heterocycles. The first kappa shape index (κ1) is 14.7. The van der Waals surface area contributed by atoms with Crippen LogP contribution in [-0.4, -0.2) is 26.5 Å². The van der Waals surface area contributed by atoms with Crippen LogP contribution in [0.4, 0.5) is 0 Å². The zero-order chi connectivity index (χ0) is 12.7. The Morgan fingerprint density at radius 2 is 2.06 bits per heavy atom. The van der Waals surface area contributed by atoms with Crippen LogP contribution < -0.4 is 5.73 Å². The number of thiophene rings is 1. The van der Waals surface area contributed by atoms with Crippen LogP contribution in [0.25, 0.3) is 0 Å². The standard InChI is InChI=1S/C12H21NO2S2/c1-17(14,15)10-4-6-11(13)5-2-7-12-8-3-9-16-12/h3,8-9,11H,2,4-7,10,13H2,1H3. The summed E-state index contributed by atoms with van der Waals surface area (Å²) in [5.41, 5.74) is 5.95. The second kappa shape index (κ2) is 7.13. The molecule has 0 aliphatic rings. The van der Waals surface area contributed by atoms with E-state index in [4.69, 9.17) is 5.73 Å². The fourth-order valence-corrected chi connectivity index (χ4v) is 3.19. The molecule has 1 aromatic heterocycles. The molecule has 0 saturated carbocycles. The van der Waals surface area contributed by atoms with Crippen molar-refractivity contribution in [1.29, 1.82) is 0 Å². The minimum absolute atomic E-state index is 0.136. The zero-order valence-electron chi connectivity index (χ0n) is 10.3. The Morgan fingerprint density at radius 1 is 1.35 bits per heavy atom. The molecule has 5 heteroatoms. The average Bonchev–Trinajstić information content (AvgIpc) is 2.68. The summed E-state index contributed by atoms with van der Waals surface area (Å²) < 4.78 is 21.9. The normalized spacial score (nSPS) is 13.8. The van der Waals surface area contributed by atoms with Crippen molar-refractivity contribution in [3.8, 4) is 0 Å². The van der Waals surface area contributed by atoms with Gasteiger partial charge in [0, 0.05) is 22.9 Å². The van der Waals surface area contributed by atoms with Gasteiger partial charge < -0.3 is 5.73 Å². The van der Waals surface area contributed by atoms with Gasteiger partial charge in [-0.05, 0) is 43.6 Å². The van der Waals surface area contributed by atoms with E-state index in [-0.39, 0.29) is 11.8 Å². The number of sulfone groups is 1. The third-order valence-electron chi connectivity index (χ3n) is 2.67. The van der Waals surface area contributed by atoms with Gasteiger partial charge in [0.05, 0.1) is 0 Å². The van der Waals surface area contributed by atoms with Crippen LogP contribution in [0.3, 0.4) is 0 Å². The van der Waals surface area contributed by atoms with Crippen molar-refractivity contribution < 1.29 is 8.42 Å². The largest absolute Gasteiger partial charge is 0.328 e. The van der Waals surface area contributed by atoms with Gasteiger partial charge in [-0.2, -0.15) is 0 Å². The van der Waals surface area contributed by atoms with Crippen LogP contribution in [0, 0.1) is 0 Å². The summed E-state index contributed by atoms with van der Waals surface area (Å²) in [7, 11) is -2.83. The Hall–Kier alpha value is -0.390. The lowest BCUT2D eigenvalue weighted by Gasteiger charge is -2.10. The van der Waals surface area contributed by atoms with Gasteiger partial charge in [0.25, 0.3) is 0 Å². The highest BCUT2D eigenvalue weighted by molar-refractivity contribution is 7.90. The van der Waals surface area contributed by atoms with E-state index >= 15 is 0 Å². The Labute approximate surface area is 108 Å². The minimum Gasteiger partial charge on any atom is -0.328 e. The lowest BCUT2D eigenvalue weighted by Crippen LogP contribution is -2.21. The molecule has 0 amide bonds. The van der Waals surface area contributed by atoms with Crippen LogP contribution in [-0.2, 0) is 16.3 Å². The lowest BCUT2D eigenvalue weighted by atomic mass is 10.1. The van der Waals surface area contributed by atoms with Crippen molar-refractivity contribution in [2.45, 2.75) is 38.1 Å². The van der Waals surface area contributed by atoms with E-state index in [0.717, 1.165) is 25.7 Å². The van der Waals surface area contributed by atoms with Gasteiger partial charge in [0.2, 0.25) is 0 Å². The summed E-state index contributed by atoms with van der Waals surface area (Å²) in [5.74, 6) is 0.256.